The molecular formula is C17H16ClFN8. The number of aryl methyl sites for hydroxylation is 1. The van der Waals surface area contributed by atoms with Crippen molar-refractivity contribution >= 4 is 34.3 Å². The highest BCUT2D eigenvalue weighted by molar-refractivity contribution is 6.31. The molecule has 0 unspecified atom stereocenters. The van der Waals surface area contributed by atoms with Gasteiger partial charge in [0.15, 0.2) is 11.5 Å². The number of hydrogen-bond acceptors (Lipinski definition) is 6. The van der Waals surface area contributed by atoms with Crippen molar-refractivity contribution in [3.63, 3.8) is 0 Å². The second-order valence-electron chi connectivity index (χ2n) is 6.19. The number of nitrogens with zero attached hydrogens (tertiary/aromatic N) is 6. The summed E-state index contributed by atoms with van der Waals surface area (Å²) in [6, 6.07) is 4.52. The zero-order valence-electron chi connectivity index (χ0n) is 14.6. The second-order valence-corrected chi connectivity index (χ2v) is 6.57. The molecule has 0 saturated carbocycles. The fourth-order valence-electron chi connectivity index (χ4n) is 2.92. The van der Waals surface area contributed by atoms with Gasteiger partial charge in [0.05, 0.1) is 34.5 Å². The van der Waals surface area contributed by atoms with Crippen molar-refractivity contribution in [1.29, 1.82) is 0 Å². The molecule has 1 aromatic carbocycles. The summed E-state index contributed by atoms with van der Waals surface area (Å²) in [5.41, 5.74) is 14.2. The van der Waals surface area contributed by atoms with E-state index in [0.717, 1.165) is 5.69 Å². The van der Waals surface area contributed by atoms with Gasteiger partial charge in [0.1, 0.15) is 5.82 Å². The van der Waals surface area contributed by atoms with Crippen LogP contribution in [-0.4, -0.2) is 29.5 Å². The molecule has 4 rings (SSSR count). The maximum absolute atomic E-state index is 14.2. The third-order valence-electron chi connectivity index (χ3n) is 4.29. The zero-order chi connectivity index (χ0) is 19.3. The molecule has 4 N–H and O–H groups in total. The van der Waals surface area contributed by atoms with Crippen LogP contribution in [0, 0.1) is 19.7 Å². The number of nitrogens with two attached hydrogens (primary N) is 2. The minimum absolute atomic E-state index is 0.0562. The third-order valence-corrected chi connectivity index (χ3v) is 4.84. The molecule has 3 heterocycles. The number of anilines is 2. The van der Waals surface area contributed by atoms with Crippen molar-refractivity contribution in [1.82, 2.24) is 29.5 Å². The molecular weight excluding hydrogens is 371 g/mol. The predicted octanol–water partition coefficient (Wildman–Crippen LogP) is 2.63. The number of hydrogen-bond donors (Lipinski definition) is 2. The Bertz CT molecular complexity index is 1180. The van der Waals surface area contributed by atoms with Gasteiger partial charge in [-0.3, -0.25) is 0 Å². The first-order valence-corrected chi connectivity index (χ1v) is 8.48. The maximum atomic E-state index is 14.2. The third kappa shape index (κ3) is 2.85. The Morgan fingerprint density at radius 3 is 2.63 bits per heavy atom. The summed E-state index contributed by atoms with van der Waals surface area (Å²) in [6.45, 7) is 3.81. The van der Waals surface area contributed by atoms with Gasteiger partial charge in [0, 0.05) is 11.3 Å². The number of aromatic nitrogens is 6. The first-order chi connectivity index (χ1) is 12.8. The van der Waals surface area contributed by atoms with Crippen molar-refractivity contribution in [2.45, 2.75) is 20.4 Å². The van der Waals surface area contributed by atoms with E-state index in [-0.39, 0.29) is 12.5 Å². The smallest absolute Gasteiger partial charge is 0.224 e. The largest absolute Gasteiger partial charge is 0.399 e. The molecule has 138 valence electrons. The van der Waals surface area contributed by atoms with Gasteiger partial charge in [0.2, 0.25) is 5.95 Å². The van der Waals surface area contributed by atoms with Gasteiger partial charge in [-0.1, -0.05) is 17.7 Å². The Labute approximate surface area is 158 Å². The summed E-state index contributed by atoms with van der Waals surface area (Å²) < 4.78 is 17.3. The van der Waals surface area contributed by atoms with Crippen molar-refractivity contribution in [3.8, 4) is 5.82 Å². The van der Waals surface area contributed by atoms with Crippen LogP contribution in [0.4, 0.5) is 16.0 Å². The molecule has 27 heavy (non-hydrogen) atoms. The van der Waals surface area contributed by atoms with Crippen LogP contribution in [0.5, 0.6) is 0 Å². The summed E-state index contributed by atoms with van der Waals surface area (Å²) in [7, 11) is 0. The number of halogens is 2. The number of benzene rings is 1. The minimum Gasteiger partial charge on any atom is -0.399 e. The minimum atomic E-state index is -0.411. The van der Waals surface area contributed by atoms with E-state index in [2.05, 4.69) is 20.2 Å². The van der Waals surface area contributed by atoms with E-state index in [1.54, 1.807) is 34.6 Å². The molecule has 0 aliphatic heterocycles. The lowest BCUT2D eigenvalue weighted by molar-refractivity contribution is 0.590. The Balaban J connectivity index is 1.86. The zero-order valence-corrected chi connectivity index (χ0v) is 15.4. The van der Waals surface area contributed by atoms with Crippen LogP contribution in [0.2, 0.25) is 5.02 Å². The van der Waals surface area contributed by atoms with Crippen molar-refractivity contribution in [3.05, 3.63) is 52.2 Å². The van der Waals surface area contributed by atoms with Crippen LogP contribution >= 0.6 is 11.6 Å². The molecule has 4 aromatic rings. The monoisotopic (exact) mass is 386 g/mol. The molecule has 0 saturated heterocycles. The van der Waals surface area contributed by atoms with Gasteiger partial charge in [-0.15, -0.1) is 0 Å². The fourth-order valence-corrected chi connectivity index (χ4v) is 3.03. The number of nitrogen functional groups attached to an aromatic ring is 2. The lowest BCUT2D eigenvalue weighted by Gasteiger charge is -2.08. The molecule has 3 aromatic heterocycles. The molecule has 0 radical (unpaired) electrons. The van der Waals surface area contributed by atoms with Crippen LogP contribution in [0.1, 0.15) is 17.0 Å². The Morgan fingerprint density at radius 2 is 1.96 bits per heavy atom. The van der Waals surface area contributed by atoms with Crippen LogP contribution in [0.25, 0.3) is 16.9 Å². The average Bonchev–Trinajstić information content (AvgIpc) is 3.13. The summed E-state index contributed by atoms with van der Waals surface area (Å²) >= 11 is 6.25. The topological polar surface area (TPSA) is 113 Å². The molecule has 0 atom stereocenters. The lowest BCUT2D eigenvalue weighted by atomic mass is 10.2. The summed E-state index contributed by atoms with van der Waals surface area (Å²) in [6.07, 6.45) is 1.60. The molecule has 0 amide bonds. The molecule has 0 aliphatic rings. The molecule has 8 nitrogen and oxygen atoms in total. The predicted molar refractivity (Wildman–Crippen MR) is 101 cm³/mol. The molecule has 0 fully saturated rings. The van der Waals surface area contributed by atoms with Gasteiger partial charge >= 0.3 is 0 Å². The highest BCUT2D eigenvalue weighted by Crippen LogP contribution is 2.26. The molecule has 0 aliphatic carbocycles. The average molecular weight is 387 g/mol. The van der Waals surface area contributed by atoms with Crippen LogP contribution < -0.4 is 11.5 Å². The first-order valence-electron chi connectivity index (χ1n) is 8.10. The van der Waals surface area contributed by atoms with Gasteiger partial charge in [-0.25, -0.2) is 13.8 Å². The van der Waals surface area contributed by atoms with Gasteiger partial charge in [-0.05, 0) is 26.0 Å². The van der Waals surface area contributed by atoms with Crippen LogP contribution in [0.3, 0.4) is 0 Å². The summed E-state index contributed by atoms with van der Waals surface area (Å²) in [5.74, 6) is 0.112. The van der Waals surface area contributed by atoms with Crippen molar-refractivity contribution in [2.75, 3.05) is 11.5 Å². The number of rotatable bonds is 3. The quantitative estimate of drug-likeness (QED) is 0.523. The van der Waals surface area contributed by atoms with E-state index >= 15 is 0 Å². The van der Waals surface area contributed by atoms with E-state index < -0.39 is 5.82 Å². The maximum Gasteiger partial charge on any atom is 0.224 e. The SMILES string of the molecule is Cc1nn(-c2nc(N)nc3c2cnn3Cc2ccc(N)cc2F)c(C)c1Cl. The Morgan fingerprint density at radius 1 is 1.19 bits per heavy atom. The van der Waals surface area contributed by atoms with E-state index in [1.165, 1.54) is 6.07 Å². The molecule has 0 bridgehead atoms. The van der Waals surface area contributed by atoms with Crippen molar-refractivity contribution in [2.24, 2.45) is 0 Å². The standard InChI is InChI=1S/C17H16ClFN8/c1-8-14(18)9(2)27(25-8)16-12-6-22-26(15(12)23-17(21)24-16)7-10-3-4-11(20)5-13(10)19/h3-6H,7,20H2,1-2H3,(H2,21,23,24). The lowest BCUT2D eigenvalue weighted by Crippen LogP contribution is -2.09. The summed E-state index contributed by atoms with van der Waals surface area (Å²) in [4.78, 5) is 8.57. The van der Waals surface area contributed by atoms with E-state index in [0.29, 0.717) is 38.8 Å². The van der Waals surface area contributed by atoms with E-state index in [1.807, 2.05) is 6.92 Å². The second kappa shape index (κ2) is 6.20. The van der Waals surface area contributed by atoms with E-state index in [4.69, 9.17) is 23.1 Å². The molecule has 10 heteroatoms. The molecule has 0 spiro atoms. The first kappa shape index (κ1) is 17.2. The fraction of sp³-hybridized carbons (Fsp3) is 0.176. The highest BCUT2D eigenvalue weighted by atomic mass is 35.5. The van der Waals surface area contributed by atoms with Crippen molar-refractivity contribution < 1.29 is 4.39 Å². The van der Waals surface area contributed by atoms with Gasteiger partial charge in [0.25, 0.3) is 0 Å². The van der Waals surface area contributed by atoms with Gasteiger partial charge in [-0.2, -0.15) is 20.2 Å². The normalized spacial score (nSPS) is 11.4. The van der Waals surface area contributed by atoms with Gasteiger partial charge < -0.3 is 11.5 Å². The number of fused-ring (bicyclic) bond motifs is 1. The van der Waals surface area contributed by atoms with Crippen LogP contribution in [0.15, 0.2) is 24.4 Å². The summed E-state index contributed by atoms with van der Waals surface area (Å²) in [5, 5.41) is 9.92. The van der Waals surface area contributed by atoms with E-state index in [9.17, 15) is 4.39 Å². The Hall–Kier alpha value is -3.20. The Kier molecular flexibility index (Phi) is 3.96. The van der Waals surface area contributed by atoms with Crippen LogP contribution in [-0.2, 0) is 6.54 Å². The highest BCUT2D eigenvalue weighted by Gasteiger charge is 2.19.